The Labute approximate surface area is 201 Å². The van der Waals surface area contributed by atoms with Crippen molar-refractivity contribution in [1.82, 2.24) is 20.2 Å². The van der Waals surface area contributed by atoms with E-state index in [0.29, 0.717) is 40.3 Å². The van der Waals surface area contributed by atoms with Gasteiger partial charge in [-0.2, -0.15) is 4.68 Å². The molecule has 8 nitrogen and oxygen atoms in total. The summed E-state index contributed by atoms with van der Waals surface area (Å²) >= 11 is 5.94. The Morgan fingerprint density at radius 3 is 2.53 bits per heavy atom. The molecule has 1 aliphatic rings. The van der Waals surface area contributed by atoms with Crippen molar-refractivity contribution in [2.24, 2.45) is 0 Å². The number of tetrazole rings is 1. The number of amides is 1. The normalized spacial score (nSPS) is 14.8. The van der Waals surface area contributed by atoms with Gasteiger partial charge in [-0.25, -0.2) is 0 Å². The monoisotopic (exact) mass is 472 g/mol. The van der Waals surface area contributed by atoms with Crippen LogP contribution >= 0.6 is 11.6 Å². The number of ether oxygens (including phenoxy) is 1. The largest absolute Gasteiger partial charge is 0.489 e. The van der Waals surface area contributed by atoms with Crippen molar-refractivity contribution in [3.05, 3.63) is 106 Å². The molecule has 1 aliphatic heterocycles. The zero-order valence-electron chi connectivity index (χ0n) is 18.3. The molecule has 1 atom stereocenters. The maximum Gasteiger partial charge on any atom is 0.255 e. The lowest BCUT2D eigenvalue weighted by atomic mass is 9.95. The topological polar surface area (TPSA) is 94.0 Å². The van der Waals surface area contributed by atoms with Crippen LogP contribution in [-0.4, -0.2) is 26.1 Å². The molecule has 2 heterocycles. The lowest BCUT2D eigenvalue weighted by Gasteiger charge is -2.28. The number of carbonyl (C=O) groups excluding carboxylic acids is 1. The Hall–Kier alpha value is -4.17. The molecule has 0 fully saturated rings. The van der Waals surface area contributed by atoms with Crippen molar-refractivity contribution in [2.45, 2.75) is 19.6 Å². The summed E-state index contributed by atoms with van der Waals surface area (Å²) in [5.74, 6) is 0.952. The molecule has 0 saturated carbocycles. The fourth-order valence-electron chi connectivity index (χ4n) is 3.83. The summed E-state index contributed by atoms with van der Waals surface area (Å²) in [6.45, 7) is 2.26. The van der Waals surface area contributed by atoms with E-state index in [1.807, 2.05) is 85.8 Å². The quantitative estimate of drug-likeness (QED) is 0.417. The van der Waals surface area contributed by atoms with Crippen LogP contribution in [0.1, 0.15) is 24.1 Å². The molecule has 1 aromatic heterocycles. The fourth-order valence-corrected chi connectivity index (χ4v) is 3.95. The number of rotatable bonds is 6. The Morgan fingerprint density at radius 1 is 1.06 bits per heavy atom. The first kappa shape index (κ1) is 21.7. The minimum atomic E-state index is -0.500. The number of nitrogens with zero attached hydrogens (tertiary/aromatic N) is 4. The van der Waals surface area contributed by atoms with Crippen molar-refractivity contribution in [1.29, 1.82) is 0 Å². The molecule has 9 heteroatoms. The first-order valence-corrected chi connectivity index (χ1v) is 11.1. The van der Waals surface area contributed by atoms with Gasteiger partial charge in [0.2, 0.25) is 5.95 Å². The summed E-state index contributed by atoms with van der Waals surface area (Å²) in [5, 5.41) is 18.7. The van der Waals surface area contributed by atoms with Gasteiger partial charge in [-0.3, -0.25) is 4.79 Å². The third kappa shape index (κ3) is 4.49. The van der Waals surface area contributed by atoms with Gasteiger partial charge in [-0.1, -0.05) is 59.2 Å². The molecular weight excluding hydrogens is 452 g/mol. The molecule has 4 aromatic rings. The molecule has 1 amide bonds. The first-order valence-electron chi connectivity index (χ1n) is 10.7. The second kappa shape index (κ2) is 9.36. The van der Waals surface area contributed by atoms with Crippen molar-refractivity contribution >= 4 is 29.1 Å². The van der Waals surface area contributed by atoms with Crippen molar-refractivity contribution in [2.75, 3.05) is 10.6 Å². The molecular formula is C25H21ClN6O2. The van der Waals surface area contributed by atoms with E-state index in [2.05, 4.69) is 26.2 Å². The van der Waals surface area contributed by atoms with E-state index in [1.165, 1.54) is 0 Å². The molecule has 0 aliphatic carbocycles. The second-order valence-corrected chi connectivity index (χ2v) is 8.25. The van der Waals surface area contributed by atoms with Crippen LogP contribution < -0.4 is 15.4 Å². The zero-order valence-corrected chi connectivity index (χ0v) is 19.0. The number of hydrogen-bond donors (Lipinski definition) is 2. The predicted molar refractivity (Wildman–Crippen MR) is 130 cm³/mol. The van der Waals surface area contributed by atoms with Gasteiger partial charge in [0.05, 0.1) is 5.57 Å². The lowest BCUT2D eigenvalue weighted by Crippen LogP contribution is -2.31. The van der Waals surface area contributed by atoms with Crippen LogP contribution in [0.5, 0.6) is 5.75 Å². The smallest absolute Gasteiger partial charge is 0.255 e. The molecule has 1 unspecified atom stereocenters. The minimum absolute atomic E-state index is 0.231. The number of para-hydroxylation sites is 1. The highest BCUT2D eigenvalue weighted by Crippen LogP contribution is 2.35. The fraction of sp³-hybridized carbons (Fsp3) is 0.120. The van der Waals surface area contributed by atoms with Crippen LogP contribution in [0, 0.1) is 0 Å². The number of nitrogens with one attached hydrogen (secondary N) is 2. The predicted octanol–water partition coefficient (Wildman–Crippen LogP) is 4.83. The van der Waals surface area contributed by atoms with E-state index in [0.717, 1.165) is 11.1 Å². The van der Waals surface area contributed by atoms with E-state index in [-0.39, 0.29) is 5.91 Å². The number of halogens is 1. The van der Waals surface area contributed by atoms with Gasteiger partial charge in [0.25, 0.3) is 5.91 Å². The maximum atomic E-state index is 13.3. The number of benzene rings is 3. The van der Waals surface area contributed by atoms with Gasteiger partial charge < -0.3 is 15.4 Å². The number of fused-ring (bicyclic) bond motifs is 1. The standard InChI is InChI=1S/C25H21ClN6O2/c1-16-22(24(33)28-20-5-3-2-4-6-20)23(32-25(27-16)29-30-31-32)18-9-13-21(14-10-18)34-15-17-7-11-19(26)12-8-17/h2-14,23H,15H2,1H3,(H,28,33)(H,27,29,31). The van der Waals surface area contributed by atoms with Gasteiger partial charge in [0.1, 0.15) is 18.4 Å². The molecule has 34 heavy (non-hydrogen) atoms. The van der Waals surface area contributed by atoms with Crippen molar-refractivity contribution < 1.29 is 9.53 Å². The molecule has 5 rings (SSSR count). The van der Waals surface area contributed by atoms with Crippen molar-refractivity contribution in [3.8, 4) is 5.75 Å². The highest BCUT2D eigenvalue weighted by molar-refractivity contribution is 6.30. The van der Waals surface area contributed by atoms with E-state index in [9.17, 15) is 4.79 Å². The molecule has 3 aromatic carbocycles. The Kier molecular flexibility index (Phi) is 5.97. The van der Waals surface area contributed by atoms with Crippen LogP contribution in [-0.2, 0) is 11.4 Å². The van der Waals surface area contributed by atoms with Crippen LogP contribution in [0.2, 0.25) is 5.02 Å². The van der Waals surface area contributed by atoms with E-state index in [4.69, 9.17) is 16.3 Å². The third-order valence-corrected chi connectivity index (χ3v) is 5.76. The lowest BCUT2D eigenvalue weighted by molar-refractivity contribution is -0.113. The SMILES string of the molecule is CC1=C(C(=O)Nc2ccccc2)C(c2ccc(OCc3ccc(Cl)cc3)cc2)n2nnnc2N1. The number of hydrogen-bond acceptors (Lipinski definition) is 6. The average molecular weight is 473 g/mol. The maximum absolute atomic E-state index is 13.3. The zero-order chi connectivity index (χ0) is 23.5. The minimum Gasteiger partial charge on any atom is -0.489 e. The number of aromatic nitrogens is 4. The number of carbonyl (C=O) groups is 1. The van der Waals surface area contributed by atoms with E-state index < -0.39 is 6.04 Å². The Balaban J connectivity index is 1.40. The summed E-state index contributed by atoms with van der Waals surface area (Å²) in [7, 11) is 0. The van der Waals surface area contributed by atoms with Gasteiger partial charge >= 0.3 is 0 Å². The summed E-state index contributed by atoms with van der Waals surface area (Å²) < 4.78 is 7.52. The Bertz CT molecular complexity index is 1330. The summed E-state index contributed by atoms with van der Waals surface area (Å²) in [5.41, 5.74) is 3.79. The van der Waals surface area contributed by atoms with Crippen LogP contribution in [0.4, 0.5) is 11.6 Å². The Morgan fingerprint density at radius 2 is 1.79 bits per heavy atom. The van der Waals surface area contributed by atoms with Gasteiger partial charge in [0, 0.05) is 16.4 Å². The molecule has 0 saturated heterocycles. The molecule has 170 valence electrons. The highest BCUT2D eigenvalue weighted by atomic mass is 35.5. The number of allylic oxidation sites excluding steroid dienone is 1. The van der Waals surface area contributed by atoms with Gasteiger partial charge in [-0.15, -0.1) is 0 Å². The summed E-state index contributed by atoms with van der Waals surface area (Å²) in [6, 6.07) is 23.9. The average Bonchev–Trinajstić information content (AvgIpc) is 3.32. The van der Waals surface area contributed by atoms with E-state index in [1.54, 1.807) is 4.68 Å². The van der Waals surface area contributed by atoms with Crippen LogP contribution in [0.25, 0.3) is 0 Å². The number of anilines is 2. The third-order valence-electron chi connectivity index (χ3n) is 5.51. The second-order valence-electron chi connectivity index (χ2n) is 7.82. The molecule has 2 N–H and O–H groups in total. The van der Waals surface area contributed by atoms with Gasteiger partial charge in [0.15, 0.2) is 0 Å². The van der Waals surface area contributed by atoms with Crippen molar-refractivity contribution in [3.63, 3.8) is 0 Å². The van der Waals surface area contributed by atoms with Crippen LogP contribution in [0.3, 0.4) is 0 Å². The summed E-state index contributed by atoms with van der Waals surface area (Å²) in [6.07, 6.45) is 0. The van der Waals surface area contributed by atoms with Gasteiger partial charge in [-0.05, 0) is 64.9 Å². The molecule has 0 radical (unpaired) electrons. The molecule has 0 spiro atoms. The molecule has 0 bridgehead atoms. The van der Waals surface area contributed by atoms with Crippen LogP contribution in [0.15, 0.2) is 90.1 Å². The first-order chi connectivity index (χ1) is 16.6. The highest BCUT2D eigenvalue weighted by Gasteiger charge is 2.34. The summed E-state index contributed by atoms with van der Waals surface area (Å²) in [4.78, 5) is 13.3. The van der Waals surface area contributed by atoms with E-state index >= 15 is 0 Å².